The van der Waals surface area contributed by atoms with Crippen LogP contribution in [0.1, 0.15) is 47.0 Å². The van der Waals surface area contributed by atoms with Gasteiger partial charge >= 0.3 is 7.12 Å². The molecule has 0 atom stereocenters. The minimum absolute atomic E-state index is 0.332. The van der Waals surface area contributed by atoms with E-state index in [0.29, 0.717) is 12.5 Å². The van der Waals surface area contributed by atoms with Crippen LogP contribution in [0.2, 0.25) is 0 Å². The quantitative estimate of drug-likeness (QED) is 0.774. The molecule has 3 heterocycles. The SMILES string of the molecule is CC1(C)OB(c2ccc(OCCN3CCCCC3)nc2)OC1(C)C. The molecule has 0 aliphatic carbocycles. The average molecular weight is 332 g/mol. The maximum atomic E-state index is 6.04. The highest BCUT2D eigenvalue weighted by molar-refractivity contribution is 6.62. The van der Waals surface area contributed by atoms with Crippen LogP contribution in [0.5, 0.6) is 5.88 Å². The van der Waals surface area contributed by atoms with Gasteiger partial charge in [-0.1, -0.05) is 12.5 Å². The minimum Gasteiger partial charge on any atom is -0.476 e. The number of hydrogen-bond donors (Lipinski definition) is 0. The number of rotatable bonds is 5. The molecule has 0 saturated carbocycles. The monoisotopic (exact) mass is 332 g/mol. The van der Waals surface area contributed by atoms with Crippen molar-refractivity contribution in [3.8, 4) is 5.88 Å². The first-order valence-electron chi connectivity index (χ1n) is 9.04. The first-order chi connectivity index (χ1) is 11.4. The standard InChI is InChI=1S/C18H29BN2O3/c1-17(2)18(3,4)24-19(23-17)15-8-9-16(20-14-15)22-13-12-21-10-6-5-7-11-21/h8-9,14H,5-7,10-13H2,1-4H3. The summed E-state index contributed by atoms with van der Waals surface area (Å²) < 4.78 is 17.9. The molecule has 2 fully saturated rings. The van der Waals surface area contributed by atoms with Gasteiger partial charge in [0.05, 0.1) is 11.2 Å². The fourth-order valence-electron chi connectivity index (χ4n) is 3.06. The number of ether oxygens (including phenoxy) is 1. The molecule has 2 saturated heterocycles. The van der Waals surface area contributed by atoms with E-state index in [0.717, 1.165) is 12.0 Å². The Bertz CT molecular complexity index is 526. The van der Waals surface area contributed by atoms with E-state index < -0.39 is 0 Å². The van der Waals surface area contributed by atoms with E-state index in [2.05, 4.69) is 37.6 Å². The van der Waals surface area contributed by atoms with E-state index in [1.165, 1.54) is 32.4 Å². The van der Waals surface area contributed by atoms with Crippen LogP contribution in [0.25, 0.3) is 0 Å². The number of aromatic nitrogens is 1. The molecular weight excluding hydrogens is 303 g/mol. The lowest BCUT2D eigenvalue weighted by atomic mass is 9.80. The molecular formula is C18H29BN2O3. The summed E-state index contributed by atoms with van der Waals surface area (Å²) >= 11 is 0. The molecule has 5 nitrogen and oxygen atoms in total. The Morgan fingerprint density at radius 1 is 1.08 bits per heavy atom. The highest BCUT2D eigenvalue weighted by Gasteiger charge is 2.51. The van der Waals surface area contributed by atoms with E-state index in [9.17, 15) is 0 Å². The second-order valence-corrected chi connectivity index (χ2v) is 7.77. The normalized spacial score (nSPS) is 23.4. The van der Waals surface area contributed by atoms with Crippen LogP contribution < -0.4 is 10.2 Å². The summed E-state index contributed by atoms with van der Waals surface area (Å²) in [5.41, 5.74) is 0.264. The first kappa shape index (κ1) is 17.7. The fraction of sp³-hybridized carbons (Fsp3) is 0.722. The van der Waals surface area contributed by atoms with Gasteiger partial charge in [0.25, 0.3) is 0 Å². The zero-order valence-electron chi connectivity index (χ0n) is 15.4. The Hall–Kier alpha value is -1.11. The van der Waals surface area contributed by atoms with Gasteiger partial charge in [-0.2, -0.15) is 0 Å². The van der Waals surface area contributed by atoms with Crippen molar-refractivity contribution in [2.24, 2.45) is 0 Å². The zero-order valence-corrected chi connectivity index (χ0v) is 15.4. The molecule has 0 radical (unpaired) electrons. The van der Waals surface area contributed by atoms with Crippen LogP contribution in [0.4, 0.5) is 0 Å². The number of hydrogen-bond acceptors (Lipinski definition) is 5. The zero-order chi connectivity index (χ0) is 17.2. The Labute approximate surface area is 145 Å². The van der Waals surface area contributed by atoms with E-state index in [1.54, 1.807) is 6.20 Å². The molecule has 1 aromatic rings. The smallest absolute Gasteiger partial charge is 0.476 e. The molecule has 0 amide bonds. The van der Waals surface area contributed by atoms with Crippen molar-refractivity contribution in [3.63, 3.8) is 0 Å². The molecule has 24 heavy (non-hydrogen) atoms. The van der Waals surface area contributed by atoms with Gasteiger partial charge in [0.15, 0.2) is 0 Å². The third kappa shape index (κ3) is 3.93. The van der Waals surface area contributed by atoms with Crippen LogP contribution >= 0.6 is 0 Å². The molecule has 132 valence electrons. The van der Waals surface area contributed by atoms with Gasteiger partial charge in [-0.3, -0.25) is 4.90 Å². The third-order valence-corrected chi connectivity index (χ3v) is 5.39. The van der Waals surface area contributed by atoms with Crippen molar-refractivity contribution < 1.29 is 14.0 Å². The average Bonchev–Trinajstić information content (AvgIpc) is 2.77. The molecule has 0 N–H and O–H groups in total. The van der Waals surface area contributed by atoms with Crippen LogP contribution in [0.15, 0.2) is 18.3 Å². The highest BCUT2D eigenvalue weighted by atomic mass is 16.7. The van der Waals surface area contributed by atoms with Crippen LogP contribution in [-0.2, 0) is 9.31 Å². The number of pyridine rings is 1. The fourth-order valence-corrected chi connectivity index (χ4v) is 3.06. The Balaban J connectivity index is 1.50. The van der Waals surface area contributed by atoms with Crippen molar-refractivity contribution in [1.29, 1.82) is 0 Å². The van der Waals surface area contributed by atoms with Gasteiger partial charge in [0.1, 0.15) is 6.61 Å². The molecule has 0 bridgehead atoms. The van der Waals surface area contributed by atoms with Crippen LogP contribution in [-0.4, -0.2) is 54.4 Å². The third-order valence-electron chi connectivity index (χ3n) is 5.39. The van der Waals surface area contributed by atoms with Gasteiger partial charge in [-0.25, -0.2) is 4.98 Å². The second-order valence-electron chi connectivity index (χ2n) is 7.77. The number of nitrogens with zero attached hydrogens (tertiary/aromatic N) is 2. The molecule has 1 aromatic heterocycles. The van der Waals surface area contributed by atoms with Crippen molar-refractivity contribution in [1.82, 2.24) is 9.88 Å². The molecule has 0 spiro atoms. The van der Waals surface area contributed by atoms with E-state index >= 15 is 0 Å². The summed E-state index contributed by atoms with van der Waals surface area (Å²) in [5.74, 6) is 0.660. The maximum Gasteiger partial charge on any atom is 0.496 e. The Kier molecular flexibility index (Phi) is 5.18. The predicted octanol–water partition coefficient (Wildman–Crippen LogP) is 2.25. The first-order valence-corrected chi connectivity index (χ1v) is 9.04. The van der Waals surface area contributed by atoms with Gasteiger partial charge in [-0.05, 0) is 59.7 Å². The summed E-state index contributed by atoms with van der Waals surface area (Å²) in [6.45, 7) is 12.3. The second kappa shape index (κ2) is 7.02. The van der Waals surface area contributed by atoms with E-state index in [1.807, 2.05) is 12.1 Å². The predicted molar refractivity (Wildman–Crippen MR) is 95.7 cm³/mol. The molecule has 2 aliphatic rings. The Morgan fingerprint density at radius 3 is 2.33 bits per heavy atom. The lowest BCUT2D eigenvalue weighted by molar-refractivity contribution is 0.00578. The molecule has 0 unspecified atom stereocenters. The van der Waals surface area contributed by atoms with Crippen molar-refractivity contribution in [2.75, 3.05) is 26.2 Å². The van der Waals surface area contributed by atoms with Crippen LogP contribution in [0.3, 0.4) is 0 Å². The Morgan fingerprint density at radius 2 is 1.75 bits per heavy atom. The molecule has 0 aromatic carbocycles. The summed E-state index contributed by atoms with van der Waals surface area (Å²) in [6, 6.07) is 3.88. The maximum absolute atomic E-state index is 6.04. The van der Waals surface area contributed by atoms with Crippen molar-refractivity contribution in [3.05, 3.63) is 18.3 Å². The molecule has 2 aliphatic heterocycles. The van der Waals surface area contributed by atoms with Crippen LogP contribution in [0, 0.1) is 0 Å². The lowest BCUT2D eigenvalue weighted by Gasteiger charge is -2.32. The highest BCUT2D eigenvalue weighted by Crippen LogP contribution is 2.36. The molecule has 3 rings (SSSR count). The van der Waals surface area contributed by atoms with Gasteiger partial charge < -0.3 is 14.0 Å². The van der Waals surface area contributed by atoms with Crippen molar-refractivity contribution in [2.45, 2.75) is 58.2 Å². The summed E-state index contributed by atoms with van der Waals surface area (Å²) in [4.78, 5) is 6.86. The van der Waals surface area contributed by atoms with Gasteiger partial charge in [0.2, 0.25) is 5.88 Å². The number of likely N-dealkylation sites (tertiary alicyclic amines) is 1. The van der Waals surface area contributed by atoms with Gasteiger partial charge in [-0.15, -0.1) is 0 Å². The van der Waals surface area contributed by atoms with Gasteiger partial charge in [0, 0.05) is 18.2 Å². The molecule has 6 heteroatoms. The van der Waals surface area contributed by atoms with E-state index in [4.69, 9.17) is 14.0 Å². The summed E-state index contributed by atoms with van der Waals surface area (Å²) in [5, 5.41) is 0. The lowest BCUT2D eigenvalue weighted by Crippen LogP contribution is -2.41. The van der Waals surface area contributed by atoms with Crippen molar-refractivity contribution >= 4 is 12.6 Å². The summed E-state index contributed by atoms with van der Waals surface area (Å²) in [7, 11) is -0.370. The largest absolute Gasteiger partial charge is 0.496 e. The minimum atomic E-state index is -0.370. The number of piperidine rings is 1. The van der Waals surface area contributed by atoms with E-state index in [-0.39, 0.29) is 18.3 Å². The summed E-state index contributed by atoms with van der Waals surface area (Å²) in [6.07, 6.45) is 5.76. The topological polar surface area (TPSA) is 43.8 Å².